The van der Waals surface area contributed by atoms with Crippen molar-refractivity contribution < 1.29 is 10.2 Å². The molecule has 0 aromatic carbocycles. The molecular formula is C8H11NO3. The molecule has 0 heterocycles. The van der Waals surface area contributed by atoms with Gasteiger partial charge >= 0.3 is 0 Å². The fourth-order valence-electron chi connectivity index (χ4n) is 1.22. The van der Waals surface area contributed by atoms with Crippen LogP contribution in [0.5, 0.6) is 0 Å². The second kappa shape index (κ2) is 4.13. The van der Waals surface area contributed by atoms with Gasteiger partial charge in [-0.25, -0.2) is 0 Å². The summed E-state index contributed by atoms with van der Waals surface area (Å²) in [6.45, 7) is -0.196. The van der Waals surface area contributed by atoms with Crippen molar-refractivity contribution in [1.29, 1.82) is 0 Å². The Morgan fingerprint density at radius 3 is 2.75 bits per heavy atom. The third kappa shape index (κ3) is 1.99. The lowest BCUT2D eigenvalue weighted by molar-refractivity contribution is 0.319. The molecule has 4 heteroatoms. The van der Waals surface area contributed by atoms with Gasteiger partial charge in [0.1, 0.15) is 6.04 Å². The Bertz CT molecular complexity index is 232. The summed E-state index contributed by atoms with van der Waals surface area (Å²) >= 11 is 0. The third-order valence-electron chi connectivity index (χ3n) is 1.79. The molecule has 66 valence electrons. The standard InChI is InChI=1S/C8H11NO3/c10-4-6-1-7(5-11)3-8(2-6)9-12/h1-2,8,10-11H,3-5H2. The molecule has 1 aliphatic carbocycles. The van der Waals surface area contributed by atoms with E-state index in [1.165, 1.54) is 0 Å². The van der Waals surface area contributed by atoms with Crippen LogP contribution < -0.4 is 0 Å². The number of nitroso groups, excluding NO2 is 1. The maximum atomic E-state index is 10.2. The van der Waals surface area contributed by atoms with Gasteiger partial charge in [-0.1, -0.05) is 17.3 Å². The van der Waals surface area contributed by atoms with Crippen LogP contribution in [-0.4, -0.2) is 29.5 Å². The molecule has 0 bridgehead atoms. The molecule has 1 atom stereocenters. The van der Waals surface area contributed by atoms with Gasteiger partial charge < -0.3 is 10.2 Å². The second-order valence-corrected chi connectivity index (χ2v) is 2.74. The zero-order valence-electron chi connectivity index (χ0n) is 6.60. The summed E-state index contributed by atoms with van der Waals surface area (Å²) in [4.78, 5) is 10.2. The van der Waals surface area contributed by atoms with Crippen LogP contribution in [0.4, 0.5) is 0 Å². The molecular weight excluding hydrogens is 158 g/mol. The average molecular weight is 169 g/mol. The van der Waals surface area contributed by atoms with Gasteiger partial charge in [0.05, 0.1) is 13.2 Å². The van der Waals surface area contributed by atoms with E-state index in [0.717, 1.165) is 5.57 Å². The highest BCUT2D eigenvalue weighted by atomic mass is 16.3. The van der Waals surface area contributed by atoms with Crippen LogP contribution in [0, 0.1) is 4.91 Å². The fourth-order valence-corrected chi connectivity index (χ4v) is 1.22. The van der Waals surface area contributed by atoms with Crippen LogP contribution in [0.1, 0.15) is 6.42 Å². The fraction of sp³-hybridized carbons (Fsp3) is 0.500. The first kappa shape index (κ1) is 9.09. The van der Waals surface area contributed by atoms with Gasteiger partial charge in [-0.05, 0) is 11.1 Å². The molecule has 0 aliphatic heterocycles. The Labute approximate surface area is 70.2 Å². The molecule has 1 rings (SSSR count). The zero-order valence-corrected chi connectivity index (χ0v) is 6.60. The number of aliphatic hydroxyl groups is 2. The highest BCUT2D eigenvalue weighted by Gasteiger charge is 2.14. The van der Waals surface area contributed by atoms with Gasteiger partial charge in [-0.15, -0.1) is 0 Å². The highest BCUT2D eigenvalue weighted by molar-refractivity contribution is 5.31. The van der Waals surface area contributed by atoms with Crippen molar-refractivity contribution in [3.63, 3.8) is 0 Å². The van der Waals surface area contributed by atoms with E-state index in [9.17, 15) is 4.91 Å². The number of rotatable bonds is 3. The van der Waals surface area contributed by atoms with Gasteiger partial charge in [0.25, 0.3) is 0 Å². The van der Waals surface area contributed by atoms with E-state index in [1.54, 1.807) is 12.2 Å². The van der Waals surface area contributed by atoms with E-state index in [4.69, 9.17) is 10.2 Å². The van der Waals surface area contributed by atoms with E-state index < -0.39 is 6.04 Å². The van der Waals surface area contributed by atoms with Crippen LogP contribution in [0.15, 0.2) is 28.5 Å². The topological polar surface area (TPSA) is 69.9 Å². The smallest absolute Gasteiger partial charge is 0.114 e. The molecule has 0 saturated heterocycles. The lowest BCUT2D eigenvalue weighted by Gasteiger charge is -2.14. The lowest BCUT2D eigenvalue weighted by atomic mass is 9.97. The van der Waals surface area contributed by atoms with E-state index in [-0.39, 0.29) is 13.2 Å². The number of aliphatic hydroxyl groups excluding tert-OH is 2. The van der Waals surface area contributed by atoms with Crippen molar-refractivity contribution in [2.45, 2.75) is 12.5 Å². The van der Waals surface area contributed by atoms with E-state index >= 15 is 0 Å². The first-order chi connectivity index (χ1) is 5.80. The second-order valence-electron chi connectivity index (χ2n) is 2.74. The molecule has 0 fully saturated rings. The normalized spacial score (nSPS) is 23.0. The van der Waals surface area contributed by atoms with E-state index in [0.29, 0.717) is 12.0 Å². The van der Waals surface area contributed by atoms with Gasteiger partial charge in [-0.2, -0.15) is 4.91 Å². The van der Waals surface area contributed by atoms with Crippen LogP contribution in [0.2, 0.25) is 0 Å². The van der Waals surface area contributed by atoms with Crippen LogP contribution in [-0.2, 0) is 0 Å². The monoisotopic (exact) mass is 169 g/mol. The van der Waals surface area contributed by atoms with E-state index in [1.807, 2.05) is 0 Å². The average Bonchev–Trinajstić information content (AvgIpc) is 2.16. The van der Waals surface area contributed by atoms with Crippen molar-refractivity contribution >= 4 is 0 Å². The minimum absolute atomic E-state index is 0.0800. The van der Waals surface area contributed by atoms with Crippen molar-refractivity contribution in [1.82, 2.24) is 0 Å². The predicted molar refractivity (Wildman–Crippen MR) is 44.5 cm³/mol. The van der Waals surface area contributed by atoms with Gasteiger partial charge in [0.2, 0.25) is 0 Å². The van der Waals surface area contributed by atoms with Gasteiger partial charge in [0.15, 0.2) is 0 Å². The minimum atomic E-state index is -0.431. The molecule has 0 aromatic rings. The molecule has 0 amide bonds. The molecule has 0 spiro atoms. The molecule has 0 radical (unpaired) electrons. The van der Waals surface area contributed by atoms with Crippen molar-refractivity contribution in [2.75, 3.05) is 13.2 Å². The summed E-state index contributed by atoms with van der Waals surface area (Å²) in [5, 5.41) is 20.4. The zero-order chi connectivity index (χ0) is 8.97. The summed E-state index contributed by atoms with van der Waals surface area (Å²) in [7, 11) is 0. The Hall–Kier alpha value is -1.00. The molecule has 0 saturated carbocycles. The lowest BCUT2D eigenvalue weighted by Crippen LogP contribution is -2.11. The quantitative estimate of drug-likeness (QED) is 0.599. The van der Waals surface area contributed by atoms with E-state index in [2.05, 4.69) is 5.18 Å². The maximum absolute atomic E-state index is 10.2. The predicted octanol–water partition coefficient (Wildman–Crippen LogP) is 0.362. The minimum Gasteiger partial charge on any atom is -0.392 e. The largest absolute Gasteiger partial charge is 0.392 e. The molecule has 1 unspecified atom stereocenters. The first-order valence-corrected chi connectivity index (χ1v) is 3.74. The SMILES string of the molecule is O=NC1C=C(CO)C=C(CO)C1. The van der Waals surface area contributed by atoms with Crippen molar-refractivity contribution in [3.05, 3.63) is 28.2 Å². The summed E-state index contributed by atoms with van der Waals surface area (Å²) in [5.74, 6) is 0. The number of hydrogen-bond donors (Lipinski definition) is 2. The molecule has 2 N–H and O–H groups in total. The van der Waals surface area contributed by atoms with Gasteiger partial charge in [0, 0.05) is 6.42 Å². The van der Waals surface area contributed by atoms with Crippen molar-refractivity contribution in [2.24, 2.45) is 5.18 Å². The molecule has 0 aromatic heterocycles. The Kier molecular flexibility index (Phi) is 3.13. The highest BCUT2D eigenvalue weighted by Crippen LogP contribution is 2.19. The number of hydrogen-bond acceptors (Lipinski definition) is 4. The molecule has 4 nitrogen and oxygen atoms in total. The maximum Gasteiger partial charge on any atom is 0.114 e. The number of nitrogens with zero attached hydrogens (tertiary/aromatic N) is 1. The van der Waals surface area contributed by atoms with Crippen LogP contribution in [0.3, 0.4) is 0 Å². The van der Waals surface area contributed by atoms with Crippen LogP contribution >= 0.6 is 0 Å². The first-order valence-electron chi connectivity index (χ1n) is 3.74. The Balaban J connectivity index is 2.77. The summed E-state index contributed by atoms with van der Waals surface area (Å²) in [6.07, 6.45) is 3.78. The van der Waals surface area contributed by atoms with Crippen molar-refractivity contribution in [3.8, 4) is 0 Å². The summed E-state index contributed by atoms with van der Waals surface area (Å²) in [5.41, 5.74) is 1.39. The Morgan fingerprint density at radius 2 is 2.25 bits per heavy atom. The molecule has 1 aliphatic rings. The third-order valence-corrected chi connectivity index (χ3v) is 1.79. The summed E-state index contributed by atoms with van der Waals surface area (Å²) < 4.78 is 0. The van der Waals surface area contributed by atoms with Gasteiger partial charge in [-0.3, -0.25) is 0 Å². The Morgan fingerprint density at radius 1 is 1.50 bits per heavy atom. The summed E-state index contributed by atoms with van der Waals surface area (Å²) in [6, 6.07) is -0.431. The molecule has 12 heavy (non-hydrogen) atoms. The van der Waals surface area contributed by atoms with Crippen LogP contribution in [0.25, 0.3) is 0 Å².